The molecule has 0 unspecified atom stereocenters. The van der Waals surface area contributed by atoms with Crippen molar-refractivity contribution in [2.45, 2.75) is 0 Å². The van der Waals surface area contributed by atoms with E-state index >= 15 is 0 Å². The first-order valence-corrected chi connectivity index (χ1v) is 2.91. The van der Waals surface area contributed by atoms with Crippen LogP contribution in [0.15, 0.2) is 0 Å². The van der Waals surface area contributed by atoms with Gasteiger partial charge in [0, 0.05) is 24.2 Å². The predicted molar refractivity (Wildman–Crippen MR) is 37.8 cm³/mol. The monoisotopic (exact) mass is 136 g/mol. The number of nitrogens with one attached hydrogen (secondary N) is 4. The summed E-state index contributed by atoms with van der Waals surface area (Å²) in [6.07, 6.45) is 0. The first kappa shape index (κ1) is 6.44. The topological polar surface area (TPSA) is 48.1 Å². The fraction of sp³-hybridized carbons (Fsp3) is 0.333. The lowest BCUT2D eigenvalue weighted by Crippen LogP contribution is -2.27. The summed E-state index contributed by atoms with van der Waals surface area (Å²) in [4.78, 5) is 0. The molecule has 4 heteroatoms. The Morgan fingerprint density at radius 1 is 0.600 bits per heavy atom. The molecule has 0 aliphatic carbocycles. The zero-order valence-electron chi connectivity index (χ0n) is 5.41. The van der Waals surface area contributed by atoms with Gasteiger partial charge in [-0.3, -0.25) is 0 Å². The SMILES string of the molecule is C1#CNCNC#CNCN1. The van der Waals surface area contributed by atoms with E-state index in [4.69, 9.17) is 0 Å². The summed E-state index contributed by atoms with van der Waals surface area (Å²) < 4.78 is 0. The predicted octanol–water partition coefficient (Wildman–Crippen LogP) is -1.89. The van der Waals surface area contributed by atoms with E-state index in [1.807, 2.05) is 0 Å². The molecule has 52 valence electrons. The molecule has 1 aliphatic heterocycles. The fourth-order valence-electron chi connectivity index (χ4n) is 0.442. The molecule has 0 radical (unpaired) electrons. The lowest BCUT2D eigenvalue weighted by atomic mass is 10.8. The quantitative estimate of drug-likeness (QED) is 0.294. The van der Waals surface area contributed by atoms with Crippen LogP contribution in [0.3, 0.4) is 0 Å². The van der Waals surface area contributed by atoms with Gasteiger partial charge in [-0.15, -0.1) is 0 Å². The van der Waals surface area contributed by atoms with E-state index < -0.39 is 0 Å². The van der Waals surface area contributed by atoms with E-state index in [9.17, 15) is 0 Å². The molecule has 0 aromatic rings. The summed E-state index contributed by atoms with van der Waals surface area (Å²) >= 11 is 0. The third kappa shape index (κ3) is 2.58. The third-order valence-corrected chi connectivity index (χ3v) is 0.832. The van der Waals surface area contributed by atoms with Crippen molar-refractivity contribution in [3.05, 3.63) is 0 Å². The molecule has 4 nitrogen and oxygen atoms in total. The van der Waals surface area contributed by atoms with Crippen LogP contribution in [-0.4, -0.2) is 13.3 Å². The number of hydrogen-bond donors (Lipinski definition) is 4. The van der Waals surface area contributed by atoms with Gasteiger partial charge in [0.1, 0.15) is 0 Å². The van der Waals surface area contributed by atoms with Crippen LogP contribution in [0.25, 0.3) is 0 Å². The molecule has 0 bridgehead atoms. The highest BCUT2D eigenvalue weighted by Gasteiger charge is 1.76. The molecule has 0 spiro atoms. The summed E-state index contributed by atoms with van der Waals surface area (Å²) in [6, 6.07) is 10.7. The van der Waals surface area contributed by atoms with Gasteiger partial charge in [-0.05, 0) is 0 Å². The minimum absolute atomic E-state index is 0.573. The summed E-state index contributed by atoms with van der Waals surface area (Å²) in [7, 11) is 0. The molecular formula is C6H8N4. The van der Waals surface area contributed by atoms with Crippen LogP contribution < -0.4 is 21.3 Å². The van der Waals surface area contributed by atoms with Crippen molar-refractivity contribution in [1.82, 2.24) is 21.3 Å². The molecule has 0 saturated carbocycles. The van der Waals surface area contributed by atoms with Crippen LogP contribution in [0.5, 0.6) is 0 Å². The summed E-state index contributed by atoms with van der Waals surface area (Å²) in [5.41, 5.74) is 0. The Balaban J connectivity index is 2.31. The van der Waals surface area contributed by atoms with Crippen molar-refractivity contribution in [1.29, 1.82) is 0 Å². The van der Waals surface area contributed by atoms with Gasteiger partial charge in [-0.1, -0.05) is 0 Å². The van der Waals surface area contributed by atoms with Crippen LogP contribution in [0.1, 0.15) is 0 Å². The maximum absolute atomic E-state index is 2.79. The number of rotatable bonds is 0. The highest BCUT2D eigenvalue weighted by Crippen LogP contribution is 1.52. The molecule has 1 heterocycles. The zero-order chi connectivity index (χ0) is 7.07. The molecule has 0 amide bonds. The highest BCUT2D eigenvalue weighted by molar-refractivity contribution is 4.99. The Hall–Kier alpha value is -1.68. The summed E-state index contributed by atoms with van der Waals surface area (Å²) in [5.74, 6) is 0. The first-order chi connectivity index (χ1) is 5.00. The molecule has 0 atom stereocenters. The van der Waals surface area contributed by atoms with Crippen LogP contribution in [0.4, 0.5) is 0 Å². The van der Waals surface area contributed by atoms with Crippen molar-refractivity contribution in [3.63, 3.8) is 0 Å². The van der Waals surface area contributed by atoms with Gasteiger partial charge < -0.3 is 21.3 Å². The normalized spacial score (nSPS) is 14.4. The molecule has 10 heavy (non-hydrogen) atoms. The molecule has 0 saturated heterocycles. The summed E-state index contributed by atoms with van der Waals surface area (Å²) in [6.45, 7) is 1.15. The highest BCUT2D eigenvalue weighted by atomic mass is 15.1. The number of hydrogen-bond acceptors (Lipinski definition) is 4. The standard InChI is InChI=1S/C6H8N4/c1-2-8-6-10-4-3-9-5-7-1/h7-10H,5-6H2. The van der Waals surface area contributed by atoms with Gasteiger partial charge in [-0.25, -0.2) is 0 Å². The molecule has 4 N–H and O–H groups in total. The van der Waals surface area contributed by atoms with Gasteiger partial charge in [0.15, 0.2) is 0 Å². The smallest absolute Gasteiger partial charge is 0.0996 e. The van der Waals surface area contributed by atoms with Crippen LogP contribution in [-0.2, 0) is 0 Å². The lowest BCUT2D eigenvalue weighted by molar-refractivity contribution is 0.771. The Bertz CT molecular complexity index is 161. The zero-order valence-corrected chi connectivity index (χ0v) is 5.41. The van der Waals surface area contributed by atoms with Gasteiger partial charge in [0.2, 0.25) is 0 Å². The van der Waals surface area contributed by atoms with E-state index in [0.29, 0.717) is 13.3 Å². The Labute approximate surface area is 59.8 Å². The minimum atomic E-state index is 0.573. The Morgan fingerprint density at radius 3 is 1.20 bits per heavy atom. The molecule has 1 rings (SSSR count). The molecule has 0 aromatic heterocycles. The second kappa shape index (κ2) is 4.22. The second-order valence-corrected chi connectivity index (χ2v) is 1.56. The van der Waals surface area contributed by atoms with Crippen LogP contribution >= 0.6 is 0 Å². The van der Waals surface area contributed by atoms with Gasteiger partial charge in [0.05, 0.1) is 13.3 Å². The van der Waals surface area contributed by atoms with Crippen molar-refractivity contribution in [3.8, 4) is 24.2 Å². The third-order valence-electron chi connectivity index (χ3n) is 0.832. The van der Waals surface area contributed by atoms with Gasteiger partial charge in [0.25, 0.3) is 0 Å². The Kier molecular flexibility index (Phi) is 2.72. The first-order valence-electron chi connectivity index (χ1n) is 2.91. The lowest BCUT2D eigenvalue weighted by Gasteiger charge is -1.98. The fourth-order valence-corrected chi connectivity index (χ4v) is 0.442. The van der Waals surface area contributed by atoms with Crippen molar-refractivity contribution in [2.75, 3.05) is 13.3 Å². The van der Waals surface area contributed by atoms with Gasteiger partial charge >= 0.3 is 0 Å². The van der Waals surface area contributed by atoms with Crippen molar-refractivity contribution in [2.24, 2.45) is 0 Å². The largest absolute Gasteiger partial charge is 0.326 e. The Morgan fingerprint density at radius 2 is 0.900 bits per heavy atom. The maximum atomic E-state index is 2.79. The summed E-state index contributed by atoms with van der Waals surface area (Å²) in [5, 5.41) is 11.2. The second-order valence-electron chi connectivity index (χ2n) is 1.56. The van der Waals surface area contributed by atoms with Crippen LogP contribution in [0.2, 0.25) is 0 Å². The van der Waals surface area contributed by atoms with E-state index in [1.54, 1.807) is 0 Å². The van der Waals surface area contributed by atoms with E-state index in [-0.39, 0.29) is 0 Å². The van der Waals surface area contributed by atoms with Gasteiger partial charge in [-0.2, -0.15) is 0 Å². The molecule has 0 fully saturated rings. The van der Waals surface area contributed by atoms with Crippen LogP contribution in [0, 0.1) is 24.2 Å². The molecule has 0 aromatic carbocycles. The van der Waals surface area contributed by atoms with E-state index in [0.717, 1.165) is 0 Å². The van der Waals surface area contributed by atoms with E-state index in [2.05, 4.69) is 45.4 Å². The minimum Gasteiger partial charge on any atom is -0.326 e. The van der Waals surface area contributed by atoms with Crippen molar-refractivity contribution >= 4 is 0 Å². The van der Waals surface area contributed by atoms with Crippen molar-refractivity contribution < 1.29 is 0 Å². The molecule has 1 aliphatic rings. The average Bonchev–Trinajstić information content (AvgIpc) is 2.01. The molecular weight excluding hydrogens is 128 g/mol. The average molecular weight is 136 g/mol. The van der Waals surface area contributed by atoms with E-state index in [1.165, 1.54) is 0 Å². The maximum Gasteiger partial charge on any atom is 0.0996 e.